The summed E-state index contributed by atoms with van der Waals surface area (Å²) in [6.07, 6.45) is 0.915. The SMILES string of the molecule is Cc1nc(Br)cc(OCCc2cccs2)n1. The highest BCUT2D eigenvalue weighted by Crippen LogP contribution is 2.15. The summed E-state index contributed by atoms with van der Waals surface area (Å²) in [7, 11) is 0. The van der Waals surface area contributed by atoms with Crippen molar-refractivity contribution in [3.8, 4) is 5.88 Å². The zero-order valence-electron chi connectivity index (χ0n) is 8.81. The maximum atomic E-state index is 5.57. The van der Waals surface area contributed by atoms with Crippen molar-refractivity contribution in [1.82, 2.24) is 9.97 Å². The van der Waals surface area contributed by atoms with E-state index in [-0.39, 0.29) is 0 Å². The average molecular weight is 299 g/mol. The molecule has 2 heterocycles. The molecule has 0 saturated carbocycles. The maximum Gasteiger partial charge on any atom is 0.217 e. The second-order valence-electron chi connectivity index (χ2n) is 3.25. The molecule has 2 aromatic rings. The zero-order valence-corrected chi connectivity index (χ0v) is 11.2. The molecule has 0 fully saturated rings. The van der Waals surface area contributed by atoms with Crippen LogP contribution in [0.25, 0.3) is 0 Å². The van der Waals surface area contributed by atoms with E-state index in [1.165, 1.54) is 4.88 Å². The van der Waals surface area contributed by atoms with Crippen LogP contribution in [0, 0.1) is 6.92 Å². The standard InChI is InChI=1S/C11H11BrN2OS/c1-8-13-10(12)7-11(14-8)15-5-4-9-3-2-6-16-9/h2-3,6-7H,4-5H2,1H3. The van der Waals surface area contributed by atoms with E-state index in [2.05, 4.69) is 37.3 Å². The maximum absolute atomic E-state index is 5.57. The predicted molar refractivity (Wildman–Crippen MR) is 68.0 cm³/mol. The van der Waals surface area contributed by atoms with Crippen LogP contribution >= 0.6 is 27.3 Å². The number of hydrogen-bond donors (Lipinski definition) is 0. The van der Waals surface area contributed by atoms with Gasteiger partial charge in [0, 0.05) is 17.4 Å². The normalized spacial score (nSPS) is 10.4. The molecule has 0 N–H and O–H groups in total. The summed E-state index contributed by atoms with van der Waals surface area (Å²) >= 11 is 5.06. The molecule has 84 valence electrons. The van der Waals surface area contributed by atoms with Gasteiger partial charge in [-0.25, -0.2) is 4.98 Å². The van der Waals surface area contributed by atoms with Crippen LogP contribution < -0.4 is 4.74 Å². The number of aryl methyl sites for hydroxylation is 1. The van der Waals surface area contributed by atoms with Crippen molar-refractivity contribution in [2.45, 2.75) is 13.3 Å². The van der Waals surface area contributed by atoms with Crippen molar-refractivity contribution in [3.63, 3.8) is 0 Å². The molecule has 0 amide bonds. The molecule has 0 aliphatic rings. The monoisotopic (exact) mass is 298 g/mol. The summed E-state index contributed by atoms with van der Waals surface area (Å²) in [5.74, 6) is 1.33. The van der Waals surface area contributed by atoms with Crippen LogP contribution in [0.1, 0.15) is 10.7 Å². The van der Waals surface area contributed by atoms with Gasteiger partial charge in [-0.1, -0.05) is 6.07 Å². The summed E-state index contributed by atoms with van der Waals surface area (Å²) in [4.78, 5) is 9.64. The van der Waals surface area contributed by atoms with Gasteiger partial charge < -0.3 is 4.74 Å². The molecule has 0 aliphatic carbocycles. The number of thiophene rings is 1. The minimum Gasteiger partial charge on any atom is -0.477 e. The summed E-state index contributed by atoms with van der Waals surface area (Å²) in [5, 5.41) is 2.07. The molecule has 16 heavy (non-hydrogen) atoms. The average Bonchev–Trinajstić information content (AvgIpc) is 2.69. The van der Waals surface area contributed by atoms with Gasteiger partial charge in [0.15, 0.2) is 0 Å². The van der Waals surface area contributed by atoms with E-state index >= 15 is 0 Å². The topological polar surface area (TPSA) is 35.0 Å². The van der Waals surface area contributed by atoms with Crippen LogP contribution in [0.2, 0.25) is 0 Å². The summed E-state index contributed by atoms with van der Waals surface area (Å²) in [5.41, 5.74) is 0. The van der Waals surface area contributed by atoms with Crippen molar-refractivity contribution in [1.29, 1.82) is 0 Å². The first-order valence-corrected chi connectivity index (χ1v) is 6.57. The van der Waals surface area contributed by atoms with E-state index in [1.54, 1.807) is 17.4 Å². The highest BCUT2D eigenvalue weighted by molar-refractivity contribution is 9.10. The Morgan fingerprint density at radius 1 is 1.44 bits per heavy atom. The minimum absolute atomic E-state index is 0.621. The fourth-order valence-corrected chi connectivity index (χ4v) is 2.43. The molecule has 0 spiro atoms. The number of nitrogens with zero attached hydrogens (tertiary/aromatic N) is 2. The molecule has 0 aliphatic heterocycles. The van der Waals surface area contributed by atoms with Gasteiger partial charge in [-0.15, -0.1) is 11.3 Å². The number of rotatable bonds is 4. The molecular formula is C11H11BrN2OS. The van der Waals surface area contributed by atoms with Gasteiger partial charge in [-0.2, -0.15) is 4.98 Å². The first-order valence-electron chi connectivity index (χ1n) is 4.90. The van der Waals surface area contributed by atoms with Crippen LogP contribution in [0.4, 0.5) is 0 Å². The lowest BCUT2D eigenvalue weighted by Crippen LogP contribution is -2.03. The summed E-state index contributed by atoms with van der Waals surface area (Å²) in [6.45, 7) is 2.49. The number of aromatic nitrogens is 2. The highest BCUT2D eigenvalue weighted by Gasteiger charge is 2.01. The first kappa shape index (κ1) is 11.5. The number of ether oxygens (including phenoxy) is 1. The Morgan fingerprint density at radius 2 is 2.31 bits per heavy atom. The summed E-state index contributed by atoms with van der Waals surface area (Å²) < 4.78 is 6.32. The smallest absolute Gasteiger partial charge is 0.217 e. The van der Waals surface area contributed by atoms with Crippen LogP contribution in [0.15, 0.2) is 28.2 Å². The molecule has 5 heteroatoms. The molecule has 0 saturated heterocycles. The minimum atomic E-state index is 0.621. The molecule has 3 nitrogen and oxygen atoms in total. The van der Waals surface area contributed by atoms with Gasteiger partial charge in [0.25, 0.3) is 0 Å². The van der Waals surface area contributed by atoms with E-state index in [4.69, 9.17) is 4.74 Å². The van der Waals surface area contributed by atoms with Crippen molar-refractivity contribution < 1.29 is 4.74 Å². The van der Waals surface area contributed by atoms with Crippen LogP contribution in [0.3, 0.4) is 0 Å². The quantitative estimate of drug-likeness (QED) is 0.813. The lowest BCUT2D eigenvalue weighted by atomic mass is 10.4. The number of halogens is 1. The van der Waals surface area contributed by atoms with Crippen molar-refractivity contribution in [3.05, 3.63) is 38.9 Å². The van der Waals surface area contributed by atoms with Crippen molar-refractivity contribution in [2.24, 2.45) is 0 Å². The lowest BCUT2D eigenvalue weighted by Gasteiger charge is -2.05. The second-order valence-corrected chi connectivity index (χ2v) is 5.10. The molecule has 2 aromatic heterocycles. The molecule has 0 bridgehead atoms. The van der Waals surface area contributed by atoms with Gasteiger partial charge >= 0.3 is 0 Å². The third-order valence-electron chi connectivity index (χ3n) is 1.96. The Labute approximate surface area is 107 Å². The van der Waals surface area contributed by atoms with Crippen molar-refractivity contribution in [2.75, 3.05) is 6.61 Å². The van der Waals surface area contributed by atoms with Gasteiger partial charge in [-0.3, -0.25) is 0 Å². The van der Waals surface area contributed by atoms with Crippen LogP contribution in [-0.4, -0.2) is 16.6 Å². The molecular weight excluding hydrogens is 288 g/mol. The number of hydrogen-bond acceptors (Lipinski definition) is 4. The third-order valence-corrected chi connectivity index (χ3v) is 3.30. The van der Waals surface area contributed by atoms with Crippen LogP contribution in [-0.2, 0) is 6.42 Å². The largest absolute Gasteiger partial charge is 0.477 e. The fourth-order valence-electron chi connectivity index (χ4n) is 1.29. The van der Waals surface area contributed by atoms with Crippen LogP contribution in [0.5, 0.6) is 5.88 Å². The van der Waals surface area contributed by atoms with Gasteiger partial charge in [0.1, 0.15) is 10.4 Å². The van der Waals surface area contributed by atoms with E-state index in [0.29, 0.717) is 18.3 Å². The molecule has 0 radical (unpaired) electrons. The predicted octanol–water partition coefficient (Wildman–Crippen LogP) is 3.23. The summed E-state index contributed by atoms with van der Waals surface area (Å²) in [6, 6.07) is 5.93. The Kier molecular flexibility index (Phi) is 3.90. The fraction of sp³-hybridized carbons (Fsp3) is 0.273. The Bertz CT molecular complexity index is 439. The Morgan fingerprint density at radius 3 is 3.00 bits per heavy atom. The van der Waals surface area contributed by atoms with Crippen molar-refractivity contribution >= 4 is 27.3 Å². The highest BCUT2D eigenvalue weighted by atomic mass is 79.9. The second kappa shape index (κ2) is 5.41. The Balaban J connectivity index is 1.89. The van der Waals surface area contributed by atoms with Gasteiger partial charge in [0.05, 0.1) is 6.61 Å². The third kappa shape index (κ3) is 3.28. The molecule has 0 unspecified atom stereocenters. The molecule has 0 aromatic carbocycles. The van der Waals surface area contributed by atoms with E-state index in [1.807, 2.05) is 13.0 Å². The van der Waals surface area contributed by atoms with Gasteiger partial charge in [0.2, 0.25) is 5.88 Å². The van der Waals surface area contributed by atoms with E-state index in [0.717, 1.165) is 11.0 Å². The molecule has 2 rings (SSSR count). The molecule has 0 atom stereocenters. The van der Waals surface area contributed by atoms with E-state index in [9.17, 15) is 0 Å². The van der Waals surface area contributed by atoms with E-state index < -0.39 is 0 Å². The van der Waals surface area contributed by atoms with Gasteiger partial charge in [-0.05, 0) is 34.3 Å². The Hall–Kier alpha value is -0.940. The first-order chi connectivity index (χ1) is 7.74. The zero-order chi connectivity index (χ0) is 11.4. The lowest BCUT2D eigenvalue weighted by molar-refractivity contribution is 0.309.